The van der Waals surface area contributed by atoms with Gasteiger partial charge in [-0.25, -0.2) is 0 Å². The molecule has 7 heteroatoms. The normalized spacial score (nSPS) is 16.7. The Balaban J connectivity index is 1.66. The zero-order chi connectivity index (χ0) is 18.7. The SMILES string of the molecule is CCN1CCN(C(=O)C(C)Sc2nnc(-c3cccc(C)c3)n2C)CC1. The molecule has 1 aromatic carbocycles. The van der Waals surface area contributed by atoms with Crippen LogP contribution in [-0.4, -0.2) is 68.4 Å². The Labute approximate surface area is 159 Å². The number of hydrogen-bond donors (Lipinski definition) is 0. The summed E-state index contributed by atoms with van der Waals surface area (Å²) in [5.74, 6) is 1.01. The fourth-order valence-corrected chi connectivity index (χ4v) is 4.10. The molecule has 1 atom stereocenters. The van der Waals surface area contributed by atoms with Gasteiger partial charge in [0.2, 0.25) is 5.91 Å². The summed E-state index contributed by atoms with van der Waals surface area (Å²) in [6, 6.07) is 8.22. The molecule has 0 spiro atoms. The number of hydrogen-bond acceptors (Lipinski definition) is 5. The van der Waals surface area contributed by atoms with E-state index in [1.165, 1.54) is 17.3 Å². The van der Waals surface area contributed by atoms with Crippen LogP contribution in [0.5, 0.6) is 0 Å². The summed E-state index contributed by atoms with van der Waals surface area (Å²) in [5.41, 5.74) is 2.23. The molecule has 1 aromatic heterocycles. The van der Waals surface area contributed by atoms with Crippen LogP contribution in [0.25, 0.3) is 11.4 Å². The van der Waals surface area contributed by atoms with E-state index in [2.05, 4.69) is 41.1 Å². The summed E-state index contributed by atoms with van der Waals surface area (Å²) in [6.45, 7) is 10.8. The van der Waals surface area contributed by atoms with Gasteiger partial charge in [0.1, 0.15) is 0 Å². The molecule has 1 unspecified atom stereocenters. The lowest BCUT2D eigenvalue weighted by Crippen LogP contribution is -2.50. The van der Waals surface area contributed by atoms with Gasteiger partial charge in [0.05, 0.1) is 5.25 Å². The van der Waals surface area contributed by atoms with Gasteiger partial charge < -0.3 is 14.4 Å². The third-order valence-corrected chi connectivity index (χ3v) is 5.99. The predicted octanol–water partition coefficient (Wildman–Crippen LogP) is 2.44. The molecule has 6 nitrogen and oxygen atoms in total. The molecule has 140 valence electrons. The largest absolute Gasteiger partial charge is 0.339 e. The second-order valence-electron chi connectivity index (χ2n) is 6.75. The minimum absolute atomic E-state index is 0.170. The molecule has 26 heavy (non-hydrogen) atoms. The molecule has 1 fully saturated rings. The van der Waals surface area contributed by atoms with Crippen molar-refractivity contribution in [3.8, 4) is 11.4 Å². The van der Waals surface area contributed by atoms with E-state index in [0.29, 0.717) is 0 Å². The molecule has 2 aromatic rings. The molecule has 3 rings (SSSR count). The standard InChI is InChI=1S/C19H27N5OS/c1-5-23-9-11-24(12-10-23)18(25)15(3)26-19-21-20-17(22(19)4)16-8-6-7-14(2)13-16/h6-8,13,15H,5,9-12H2,1-4H3. The molecule has 0 radical (unpaired) electrons. The topological polar surface area (TPSA) is 54.3 Å². The van der Waals surface area contributed by atoms with Crippen LogP contribution in [0.3, 0.4) is 0 Å². The van der Waals surface area contributed by atoms with Crippen molar-refractivity contribution in [3.05, 3.63) is 29.8 Å². The maximum absolute atomic E-state index is 12.8. The lowest BCUT2D eigenvalue weighted by atomic mass is 10.1. The minimum Gasteiger partial charge on any atom is -0.339 e. The first-order chi connectivity index (χ1) is 12.5. The van der Waals surface area contributed by atoms with Crippen molar-refractivity contribution < 1.29 is 4.79 Å². The third kappa shape index (κ3) is 4.10. The fourth-order valence-electron chi connectivity index (χ4n) is 3.20. The van der Waals surface area contributed by atoms with E-state index >= 15 is 0 Å². The molecule has 2 heterocycles. The number of benzene rings is 1. The van der Waals surface area contributed by atoms with Crippen molar-refractivity contribution >= 4 is 17.7 Å². The lowest BCUT2D eigenvalue weighted by Gasteiger charge is -2.35. The van der Waals surface area contributed by atoms with Crippen LogP contribution < -0.4 is 0 Å². The number of rotatable bonds is 5. The van der Waals surface area contributed by atoms with Gasteiger partial charge in [0.25, 0.3) is 0 Å². The molecule has 1 aliphatic rings. The van der Waals surface area contributed by atoms with Gasteiger partial charge in [-0.15, -0.1) is 10.2 Å². The molecular formula is C19H27N5OS. The zero-order valence-electron chi connectivity index (χ0n) is 16.0. The van der Waals surface area contributed by atoms with E-state index in [1.807, 2.05) is 35.6 Å². The van der Waals surface area contributed by atoms with E-state index in [1.54, 1.807) is 0 Å². The molecule has 0 aliphatic carbocycles. The van der Waals surface area contributed by atoms with E-state index in [0.717, 1.165) is 49.3 Å². The van der Waals surface area contributed by atoms with Crippen LogP contribution in [0.15, 0.2) is 29.4 Å². The quantitative estimate of drug-likeness (QED) is 0.754. The van der Waals surface area contributed by atoms with Crippen LogP contribution in [-0.2, 0) is 11.8 Å². The highest BCUT2D eigenvalue weighted by molar-refractivity contribution is 8.00. The molecule has 0 saturated carbocycles. The summed E-state index contributed by atoms with van der Waals surface area (Å²) in [4.78, 5) is 17.1. The zero-order valence-corrected chi connectivity index (χ0v) is 16.8. The number of carbonyl (C=O) groups is 1. The highest BCUT2D eigenvalue weighted by Gasteiger charge is 2.26. The second-order valence-corrected chi connectivity index (χ2v) is 8.06. The molecule has 1 amide bonds. The number of amides is 1. The van der Waals surface area contributed by atoms with Gasteiger partial charge in [-0.3, -0.25) is 4.79 Å². The number of carbonyl (C=O) groups excluding carboxylic acids is 1. The summed E-state index contributed by atoms with van der Waals surface area (Å²) < 4.78 is 1.97. The first kappa shape index (κ1) is 18.9. The molecular weight excluding hydrogens is 346 g/mol. The Morgan fingerprint density at radius 1 is 1.23 bits per heavy atom. The van der Waals surface area contributed by atoms with Gasteiger partial charge >= 0.3 is 0 Å². The molecule has 0 N–H and O–H groups in total. The van der Waals surface area contributed by atoms with Crippen LogP contribution in [0.1, 0.15) is 19.4 Å². The predicted molar refractivity (Wildman–Crippen MR) is 105 cm³/mol. The second kappa shape index (κ2) is 8.22. The smallest absolute Gasteiger partial charge is 0.235 e. The number of nitrogens with zero attached hydrogens (tertiary/aromatic N) is 5. The van der Waals surface area contributed by atoms with Crippen LogP contribution >= 0.6 is 11.8 Å². The first-order valence-corrected chi connectivity index (χ1v) is 10.0. The highest BCUT2D eigenvalue weighted by atomic mass is 32.2. The lowest BCUT2D eigenvalue weighted by molar-refractivity contribution is -0.132. The Bertz CT molecular complexity index is 767. The van der Waals surface area contributed by atoms with E-state index in [-0.39, 0.29) is 11.2 Å². The Morgan fingerprint density at radius 3 is 2.62 bits per heavy atom. The maximum atomic E-state index is 12.8. The summed E-state index contributed by atoms with van der Waals surface area (Å²) in [7, 11) is 1.96. The van der Waals surface area contributed by atoms with E-state index < -0.39 is 0 Å². The maximum Gasteiger partial charge on any atom is 0.235 e. The Kier molecular flexibility index (Phi) is 5.98. The average Bonchev–Trinajstić information content (AvgIpc) is 3.01. The van der Waals surface area contributed by atoms with Crippen molar-refractivity contribution in [2.75, 3.05) is 32.7 Å². The average molecular weight is 374 g/mol. The summed E-state index contributed by atoms with van der Waals surface area (Å²) in [5, 5.41) is 9.25. The number of aromatic nitrogens is 3. The molecule has 1 saturated heterocycles. The highest BCUT2D eigenvalue weighted by Crippen LogP contribution is 2.27. The van der Waals surface area contributed by atoms with Crippen molar-refractivity contribution in [3.63, 3.8) is 0 Å². The Hall–Kier alpha value is -1.86. The van der Waals surface area contributed by atoms with Gasteiger partial charge in [-0.05, 0) is 26.5 Å². The van der Waals surface area contributed by atoms with Gasteiger partial charge in [0, 0.05) is 38.8 Å². The first-order valence-electron chi connectivity index (χ1n) is 9.13. The molecule has 1 aliphatic heterocycles. The number of likely N-dealkylation sites (N-methyl/N-ethyl adjacent to an activating group) is 1. The van der Waals surface area contributed by atoms with Crippen molar-refractivity contribution in [2.24, 2.45) is 7.05 Å². The fraction of sp³-hybridized carbons (Fsp3) is 0.526. The molecule has 0 bridgehead atoms. The number of piperazine rings is 1. The van der Waals surface area contributed by atoms with Crippen LogP contribution in [0, 0.1) is 6.92 Å². The monoisotopic (exact) mass is 373 g/mol. The van der Waals surface area contributed by atoms with Crippen LogP contribution in [0.4, 0.5) is 0 Å². The van der Waals surface area contributed by atoms with Gasteiger partial charge in [-0.2, -0.15) is 0 Å². The third-order valence-electron chi connectivity index (χ3n) is 4.87. The van der Waals surface area contributed by atoms with Crippen LogP contribution in [0.2, 0.25) is 0 Å². The summed E-state index contributed by atoms with van der Waals surface area (Å²) >= 11 is 1.48. The summed E-state index contributed by atoms with van der Waals surface area (Å²) in [6.07, 6.45) is 0. The number of aryl methyl sites for hydroxylation is 1. The van der Waals surface area contributed by atoms with Crippen molar-refractivity contribution in [1.82, 2.24) is 24.6 Å². The van der Waals surface area contributed by atoms with E-state index in [4.69, 9.17) is 0 Å². The minimum atomic E-state index is -0.170. The van der Waals surface area contributed by atoms with E-state index in [9.17, 15) is 4.79 Å². The van der Waals surface area contributed by atoms with Crippen molar-refractivity contribution in [1.29, 1.82) is 0 Å². The Morgan fingerprint density at radius 2 is 1.96 bits per heavy atom. The van der Waals surface area contributed by atoms with Crippen molar-refractivity contribution in [2.45, 2.75) is 31.2 Å². The number of thioether (sulfide) groups is 1. The van der Waals surface area contributed by atoms with Gasteiger partial charge in [0.15, 0.2) is 11.0 Å². The van der Waals surface area contributed by atoms with Gasteiger partial charge in [-0.1, -0.05) is 42.4 Å².